The van der Waals surface area contributed by atoms with Crippen LogP contribution in [0.5, 0.6) is 5.75 Å². The number of halogens is 1. The maximum Gasteiger partial charge on any atom is 0.165 e. The minimum absolute atomic E-state index is 0.279. The normalized spacial score (nSPS) is 16.1. The summed E-state index contributed by atoms with van der Waals surface area (Å²) in [7, 11) is 2.18. The summed E-state index contributed by atoms with van der Waals surface area (Å²) in [6.07, 6.45) is 0. The Bertz CT molecular complexity index is 1300. The number of hydrogen-bond donors (Lipinski definition) is 1. The fourth-order valence-electron chi connectivity index (χ4n) is 4.49. The molecule has 1 N–H and O–H groups in total. The Morgan fingerprint density at radius 1 is 0.944 bits per heavy atom. The topological polar surface area (TPSA) is 53.5 Å². The third kappa shape index (κ3) is 5.45. The maximum atomic E-state index is 6.54. The Morgan fingerprint density at radius 2 is 1.69 bits per heavy atom. The van der Waals surface area contributed by atoms with Crippen molar-refractivity contribution in [2.75, 3.05) is 43.5 Å². The molecule has 1 aliphatic rings. The molecule has 0 amide bonds. The molecule has 184 valence electrons. The largest absolute Gasteiger partial charge is 0.494 e. The van der Waals surface area contributed by atoms with Gasteiger partial charge in [0.15, 0.2) is 5.82 Å². The van der Waals surface area contributed by atoms with Gasteiger partial charge in [0.2, 0.25) is 0 Å². The smallest absolute Gasteiger partial charge is 0.165 e. The van der Waals surface area contributed by atoms with Gasteiger partial charge in [-0.15, -0.1) is 0 Å². The molecule has 1 aliphatic heterocycles. The van der Waals surface area contributed by atoms with E-state index in [1.54, 1.807) is 0 Å². The minimum Gasteiger partial charge on any atom is -0.494 e. The Labute approximate surface area is 217 Å². The average Bonchev–Trinajstić information content (AvgIpc) is 2.91. The Balaban J connectivity index is 1.49. The van der Waals surface area contributed by atoms with Gasteiger partial charge in [-0.2, -0.15) is 0 Å². The lowest BCUT2D eigenvalue weighted by molar-refractivity contribution is 0.220. The summed E-state index contributed by atoms with van der Waals surface area (Å²) in [5.41, 5.74) is 3.04. The van der Waals surface area contributed by atoms with Crippen LogP contribution in [0.25, 0.3) is 11.4 Å². The van der Waals surface area contributed by atoms with Crippen LogP contribution in [0, 0.1) is 0 Å². The second-order valence-electron chi connectivity index (χ2n) is 8.85. The summed E-state index contributed by atoms with van der Waals surface area (Å²) in [5.74, 6) is 3.03. The fraction of sp³-hybridized carbons (Fsp3) is 0.241. The van der Waals surface area contributed by atoms with Crippen LogP contribution in [0.4, 0.5) is 17.3 Å². The van der Waals surface area contributed by atoms with Gasteiger partial charge >= 0.3 is 0 Å². The zero-order valence-corrected chi connectivity index (χ0v) is 21.3. The molecule has 3 aromatic carbocycles. The van der Waals surface area contributed by atoms with Crippen LogP contribution in [-0.2, 0) is 0 Å². The molecule has 1 atom stereocenters. The highest BCUT2D eigenvalue weighted by molar-refractivity contribution is 6.33. The first-order valence-electron chi connectivity index (χ1n) is 12.2. The molecule has 1 fully saturated rings. The van der Waals surface area contributed by atoms with Crippen molar-refractivity contribution in [2.45, 2.75) is 13.0 Å². The van der Waals surface area contributed by atoms with Crippen LogP contribution in [0.1, 0.15) is 18.5 Å². The predicted molar refractivity (Wildman–Crippen MR) is 147 cm³/mol. The van der Waals surface area contributed by atoms with Gasteiger partial charge in [-0.3, -0.25) is 4.90 Å². The molecule has 4 aromatic rings. The molecule has 5 rings (SSSR count). The van der Waals surface area contributed by atoms with Crippen LogP contribution in [-0.4, -0.2) is 48.2 Å². The van der Waals surface area contributed by atoms with Gasteiger partial charge in [0, 0.05) is 37.0 Å². The number of ether oxygens (including phenoxy) is 1. The van der Waals surface area contributed by atoms with Crippen molar-refractivity contribution < 1.29 is 4.74 Å². The highest BCUT2D eigenvalue weighted by atomic mass is 35.5. The molecule has 0 aliphatic carbocycles. The standard InChI is InChI=1S/C29H30ClN5O/c1-3-36-23-15-13-22(14-16-23)31-27-19-28(33-29(32-27)24-11-7-8-12-25(24)30)35-18-17-34(2)26(20-35)21-9-5-4-6-10-21/h4-16,19,26H,3,17-18,20H2,1-2H3,(H,31,32,33). The van der Waals surface area contributed by atoms with Crippen LogP contribution < -0.4 is 15.0 Å². The molecule has 7 heteroatoms. The molecule has 2 heterocycles. The first kappa shape index (κ1) is 24.1. The Kier molecular flexibility index (Phi) is 7.35. The van der Waals surface area contributed by atoms with Crippen molar-refractivity contribution in [3.05, 3.63) is 95.5 Å². The van der Waals surface area contributed by atoms with E-state index < -0.39 is 0 Å². The van der Waals surface area contributed by atoms with Gasteiger partial charge in [-0.1, -0.05) is 54.1 Å². The quantitative estimate of drug-likeness (QED) is 0.316. The summed E-state index contributed by atoms with van der Waals surface area (Å²) in [6.45, 7) is 5.26. The molecular formula is C29H30ClN5O. The van der Waals surface area contributed by atoms with Gasteiger partial charge in [0.05, 0.1) is 17.7 Å². The van der Waals surface area contributed by atoms with E-state index in [0.717, 1.165) is 42.5 Å². The average molecular weight is 500 g/mol. The van der Waals surface area contributed by atoms with Crippen molar-refractivity contribution in [1.29, 1.82) is 0 Å². The lowest BCUT2D eigenvalue weighted by Crippen LogP contribution is -2.47. The van der Waals surface area contributed by atoms with Gasteiger partial charge in [0.25, 0.3) is 0 Å². The SMILES string of the molecule is CCOc1ccc(Nc2cc(N3CCN(C)C(c4ccccc4)C3)nc(-c3ccccc3Cl)n2)cc1. The molecule has 6 nitrogen and oxygen atoms in total. The Hall–Kier alpha value is -3.61. The van der Waals surface area contributed by atoms with E-state index in [1.807, 2.05) is 61.5 Å². The second-order valence-corrected chi connectivity index (χ2v) is 9.26. The predicted octanol–water partition coefficient (Wildman–Crippen LogP) is 6.43. The van der Waals surface area contributed by atoms with E-state index in [1.165, 1.54) is 5.56 Å². The number of hydrogen-bond acceptors (Lipinski definition) is 6. The molecule has 1 saturated heterocycles. The number of aromatic nitrogens is 2. The van der Waals surface area contributed by atoms with Crippen LogP contribution in [0.15, 0.2) is 84.9 Å². The van der Waals surface area contributed by atoms with E-state index in [9.17, 15) is 0 Å². The number of benzene rings is 3. The van der Waals surface area contributed by atoms with Crippen molar-refractivity contribution in [1.82, 2.24) is 14.9 Å². The van der Waals surface area contributed by atoms with Crippen molar-refractivity contribution in [3.63, 3.8) is 0 Å². The third-order valence-electron chi connectivity index (χ3n) is 6.42. The van der Waals surface area contributed by atoms with Crippen molar-refractivity contribution in [3.8, 4) is 17.1 Å². The number of nitrogens with one attached hydrogen (secondary N) is 1. The summed E-state index contributed by atoms with van der Waals surface area (Å²) in [4.78, 5) is 14.5. The third-order valence-corrected chi connectivity index (χ3v) is 6.75. The molecule has 1 unspecified atom stereocenters. The van der Waals surface area contributed by atoms with Gasteiger partial charge in [0.1, 0.15) is 17.4 Å². The molecule has 0 spiro atoms. The lowest BCUT2D eigenvalue weighted by atomic mass is 10.0. The van der Waals surface area contributed by atoms with Gasteiger partial charge < -0.3 is 15.0 Å². The van der Waals surface area contributed by atoms with Gasteiger partial charge in [-0.25, -0.2) is 9.97 Å². The molecular weight excluding hydrogens is 470 g/mol. The summed E-state index contributed by atoms with van der Waals surface area (Å²) >= 11 is 6.54. The second kappa shape index (κ2) is 11.0. The van der Waals surface area contributed by atoms with E-state index in [-0.39, 0.29) is 6.04 Å². The monoisotopic (exact) mass is 499 g/mol. The lowest BCUT2D eigenvalue weighted by Gasteiger charge is -2.40. The van der Waals surface area contributed by atoms with E-state index in [2.05, 4.69) is 52.5 Å². The number of piperazine rings is 1. The van der Waals surface area contributed by atoms with Crippen molar-refractivity contribution >= 4 is 28.9 Å². The van der Waals surface area contributed by atoms with Crippen LogP contribution in [0.3, 0.4) is 0 Å². The maximum absolute atomic E-state index is 6.54. The highest BCUT2D eigenvalue weighted by Gasteiger charge is 2.27. The highest BCUT2D eigenvalue weighted by Crippen LogP contribution is 2.32. The van der Waals surface area contributed by atoms with Crippen LogP contribution >= 0.6 is 11.6 Å². The van der Waals surface area contributed by atoms with Crippen molar-refractivity contribution in [2.24, 2.45) is 0 Å². The molecule has 36 heavy (non-hydrogen) atoms. The minimum atomic E-state index is 0.279. The number of likely N-dealkylation sites (N-methyl/N-ethyl adjacent to an activating group) is 1. The zero-order chi connectivity index (χ0) is 24.9. The first-order valence-corrected chi connectivity index (χ1v) is 12.6. The molecule has 0 bridgehead atoms. The molecule has 0 saturated carbocycles. The molecule has 0 radical (unpaired) electrons. The zero-order valence-electron chi connectivity index (χ0n) is 20.6. The summed E-state index contributed by atoms with van der Waals surface area (Å²) in [5, 5.41) is 4.07. The van der Waals surface area contributed by atoms with E-state index in [0.29, 0.717) is 23.3 Å². The number of nitrogens with zero attached hydrogens (tertiary/aromatic N) is 4. The number of anilines is 3. The van der Waals surface area contributed by atoms with E-state index >= 15 is 0 Å². The molecule has 1 aromatic heterocycles. The van der Waals surface area contributed by atoms with Crippen LogP contribution in [0.2, 0.25) is 5.02 Å². The summed E-state index contributed by atoms with van der Waals surface area (Å²) < 4.78 is 5.58. The fourth-order valence-corrected chi connectivity index (χ4v) is 4.71. The number of rotatable bonds is 7. The Morgan fingerprint density at radius 3 is 2.44 bits per heavy atom. The van der Waals surface area contributed by atoms with E-state index in [4.69, 9.17) is 26.3 Å². The first-order chi connectivity index (χ1) is 17.6. The van der Waals surface area contributed by atoms with Gasteiger partial charge in [-0.05, 0) is 55.9 Å². The summed E-state index contributed by atoms with van der Waals surface area (Å²) in [6, 6.07) is 28.5.